The van der Waals surface area contributed by atoms with Crippen LogP contribution in [0.4, 0.5) is 14.6 Å². The van der Waals surface area contributed by atoms with Crippen LogP contribution in [0.5, 0.6) is 0 Å². The Morgan fingerprint density at radius 2 is 2.00 bits per heavy atom. The number of halogens is 2. The van der Waals surface area contributed by atoms with Gasteiger partial charge in [-0.05, 0) is 12.1 Å². The second-order valence-corrected chi connectivity index (χ2v) is 6.61. The van der Waals surface area contributed by atoms with Crippen molar-refractivity contribution >= 4 is 11.8 Å². The van der Waals surface area contributed by atoms with Crippen LogP contribution in [-0.2, 0) is 13.1 Å². The Kier molecular flexibility index (Phi) is 5.32. The normalized spacial score (nSPS) is 10.9. The molecular weight excluding hydrogens is 430 g/mol. The molecule has 4 aromatic rings. The summed E-state index contributed by atoms with van der Waals surface area (Å²) in [6.45, 7) is -0.237. The highest BCUT2D eigenvalue weighted by Gasteiger charge is 2.21. The average Bonchev–Trinajstić information content (AvgIpc) is 3.41. The number of carbonyl (C=O) groups is 1. The Balaban J connectivity index is 1.73. The van der Waals surface area contributed by atoms with E-state index in [1.807, 2.05) is 0 Å². The number of aromatic carboxylic acids is 1. The van der Waals surface area contributed by atoms with E-state index in [2.05, 4.69) is 30.2 Å². The van der Waals surface area contributed by atoms with E-state index in [4.69, 9.17) is 0 Å². The van der Waals surface area contributed by atoms with Gasteiger partial charge in [0.15, 0.2) is 11.5 Å². The summed E-state index contributed by atoms with van der Waals surface area (Å²) >= 11 is 0. The van der Waals surface area contributed by atoms with E-state index in [0.717, 1.165) is 22.9 Å². The van der Waals surface area contributed by atoms with E-state index in [1.165, 1.54) is 23.6 Å². The summed E-state index contributed by atoms with van der Waals surface area (Å²) in [5.41, 5.74) is -1.46. The second-order valence-electron chi connectivity index (χ2n) is 6.61. The third-order valence-corrected chi connectivity index (χ3v) is 4.49. The Labute approximate surface area is 176 Å². The van der Waals surface area contributed by atoms with E-state index < -0.39 is 28.9 Å². The van der Waals surface area contributed by atoms with Crippen LogP contribution in [-0.4, -0.2) is 46.0 Å². The molecule has 12 nitrogen and oxygen atoms in total. The number of hydrogen-bond acceptors (Lipinski definition) is 7. The lowest BCUT2D eigenvalue weighted by molar-refractivity contribution is 0.0690. The fraction of sp³-hybridized carbons (Fsp3) is 0.111. The number of aromatic nitrogens is 7. The van der Waals surface area contributed by atoms with E-state index in [9.17, 15) is 28.3 Å². The molecule has 4 rings (SSSR count). The maximum atomic E-state index is 14.1. The molecule has 0 aliphatic heterocycles. The lowest BCUT2D eigenvalue weighted by atomic mass is 10.2. The van der Waals surface area contributed by atoms with Crippen molar-refractivity contribution in [1.29, 1.82) is 0 Å². The van der Waals surface area contributed by atoms with Crippen LogP contribution in [0.2, 0.25) is 0 Å². The van der Waals surface area contributed by atoms with Gasteiger partial charge in [0.1, 0.15) is 17.3 Å². The van der Waals surface area contributed by atoms with Gasteiger partial charge in [-0.3, -0.25) is 9.78 Å². The van der Waals surface area contributed by atoms with Crippen LogP contribution in [0.3, 0.4) is 0 Å². The maximum Gasteiger partial charge on any atom is 0.356 e. The molecule has 3 aromatic heterocycles. The van der Waals surface area contributed by atoms with Gasteiger partial charge in [-0.25, -0.2) is 28.0 Å². The summed E-state index contributed by atoms with van der Waals surface area (Å²) in [4.78, 5) is 47.2. The largest absolute Gasteiger partial charge is 0.476 e. The molecule has 0 aliphatic rings. The number of carboxylic acid groups (broad SMARTS) is 1. The van der Waals surface area contributed by atoms with Crippen molar-refractivity contribution in [3.63, 3.8) is 0 Å². The monoisotopic (exact) mass is 444 g/mol. The van der Waals surface area contributed by atoms with Crippen molar-refractivity contribution in [3.8, 4) is 5.69 Å². The SMILES string of the molecule is O=C(O)c1nc[nH]c1CN(Cc1c[nH]c(=O)[nH]c1=O)c1cn(-c2cc(F)ccc2F)nn1. The summed E-state index contributed by atoms with van der Waals surface area (Å²) in [5, 5.41) is 17.1. The lowest BCUT2D eigenvalue weighted by Crippen LogP contribution is -2.31. The van der Waals surface area contributed by atoms with Gasteiger partial charge in [-0.2, -0.15) is 0 Å². The lowest BCUT2D eigenvalue weighted by Gasteiger charge is -2.21. The van der Waals surface area contributed by atoms with Crippen molar-refractivity contribution in [1.82, 2.24) is 34.9 Å². The average molecular weight is 444 g/mol. The first-order valence-corrected chi connectivity index (χ1v) is 9.01. The Morgan fingerprint density at radius 1 is 1.19 bits per heavy atom. The molecule has 3 heterocycles. The molecule has 1 aromatic carbocycles. The van der Waals surface area contributed by atoms with E-state index in [0.29, 0.717) is 0 Å². The maximum absolute atomic E-state index is 14.1. The van der Waals surface area contributed by atoms with Crippen molar-refractivity contribution in [2.75, 3.05) is 4.90 Å². The van der Waals surface area contributed by atoms with Crippen LogP contribution in [0.1, 0.15) is 21.7 Å². The smallest absolute Gasteiger partial charge is 0.356 e. The number of nitrogens with one attached hydrogen (secondary N) is 3. The van der Waals surface area contributed by atoms with Gasteiger partial charge in [0.25, 0.3) is 5.56 Å². The molecule has 0 atom stereocenters. The highest BCUT2D eigenvalue weighted by Crippen LogP contribution is 2.20. The third kappa shape index (κ3) is 4.14. The molecule has 0 bridgehead atoms. The van der Waals surface area contributed by atoms with Gasteiger partial charge in [0.2, 0.25) is 0 Å². The predicted molar refractivity (Wildman–Crippen MR) is 104 cm³/mol. The van der Waals surface area contributed by atoms with Gasteiger partial charge >= 0.3 is 11.7 Å². The number of aromatic amines is 3. The zero-order valence-electron chi connectivity index (χ0n) is 16.0. The summed E-state index contributed by atoms with van der Waals surface area (Å²) < 4.78 is 28.7. The first kappa shape index (κ1) is 20.6. The molecule has 0 unspecified atom stereocenters. The first-order valence-electron chi connectivity index (χ1n) is 9.01. The third-order valence-electron chi connectivity index (χ3n) is 4.49. The minimum atomic E-state index is -1.27. The van der Waals surface area contributed by atoms with Gasteiger partial charge in [-0.1, -0.05) is 5.21 Å². The number of rotatable bonds is 7. The standard InChI is InChI=1S/C18H14F2N8O4/c19-10-1-2-11(20)13(3-10)28-7-14(25-26-28)27(5-9-4-21-18(32)24-16(9)29)6-12-15(17(30)31)23-8-22-12/h1-4,7-8H,5-6H2,(H,22,23)(H,30,31)(H2,21,24,29,32). The number of benzene rings is 1. The fourth-order valence-corrected chi connectivity index (χ4v) is 2.97. The van der Waals surface area contributed by atoms with E-state index in [-0.39, 0.29) is 41.5 Å². The van der Waals surface area contributed by atoms with Crippen molar-refractivity contribution < 1.29 is 18.7 Å². The minimum absolute atomic E-state index is 0.107. The summed E-state index contributed by atoms with van der Waals surface area (Å²) in [7, 11) is 0. The Bertz CT molecular complexity index is 1410. The number of hydrogen-bond donors (Lipinski definition) is 4. The van der Waals surface area contributed by atoms with Gasteiger partial charge in [0, 0.05) is 12.3 Å². The second kappa shape index (κ2) is 8.25. The molecule has 0 radical (unpaired) electrons. The summed E-state index contributed by atoms with van der Waals surface area (Å²) in [6.07, 6.45) is 3.69. The van der Waals surface area contributed by atoms with Crippen LogP contribution in [0.25, 0.3) is 5.69 Å². The quantitative estimate of drug-likeness (QED) is 0.321. The molecule has 0 spiro atoms. The molecular formula is C18H14F2N8O4. The number of nitrogens with zero attached hydrogens (tertiary/aromatic N) is 5. The zero-order valence-corrected chi connectivity index (χ0v) is 16.0. The zero-order chi connectivity index (χ0) is 22.8. The molecule has 14 heteroatoms. The van der Waals surface area contributed by atoms with E-state index in [1.54, 1.807) is 0 Å². The van der Waals surface area contributed by atoms with Crippen LogP contribution in [0, 0.1) is 11.6 Å². The number of H-pyrrole nitrogens is 3. The molecule has 0 aliphatic carbocycles. The minimum Gasteiger partial charge on any atom is -0.476 e. The Hall–Kier alpha value is -4.62. The number of carboxylic acids is 1. The molecule has 0 fully saturated rings. The highest BCUT2D eigenvalue weighted by atomic mass is 19.1. The van der Waals surface area contributed by atoms with Crippen molar-refractivity contribution in [3.05, 3.63) is 86.3 Å². The molecule has 164 valence electrons. The van der Waals surface area contributed by atoms with Gasteiger partial charge < -0.3 is 20.0 Å². The van der Waals surface area contributed by atoms with Crippen molar-refractivity contribution in [2.24, 2.45) is 0 Å². The summed E-state index contributed by atoms with van der Waals surface area (Å²) in [5.74, 6) is -2.58. The van der Waals surface area contributed by atoms with E-state index >= 15 is 0 Å². The van der Waals surface area contributed by atoms with Crippen LogP contribution < -0.4 is 16.1 Å². The van der Waals surface area contributed by atoms with Crippen LogP contribution >= 0.6 is 0 Å². The molecule has 32 heavy (non-hydrogen) atoms. The van der Waals surface area contributed by atoms with Gasteiger partial charge in [0.05, 0.1) is 36.9 Å². The number of imidazole rings is 1. The highest BCUT2D eigenvalue weighted by molar-refractivity contribution is 5.86. The molecule has 0 amide bonds. The fourth-order valence-electron chi connectivity index (χ4n) is 2.97. The van der Waals surface area contributed by atoms with Gasteiger partial charge in [-0.15, -0.1) is 5.10 Å². The molecule has 4 N–H and O–H groups in total. The predicted octanol–water partition coefficient (Wildman–Crippen LogP) is 0.550. The number of anilines is 1. The Morgan fingerprint density at radius 3 is 2.75 bits per heavy atom. The molecule has 0 saturated carbocycles. The van der Waals surface area contributed by atoms with Crippen LogP contribution in [0.15, 0.2) is 46.5 Å². The summed E-state index contributed by atoms with van der Waals surface area (Å²) in [6, 6.07) is 2.83. The first-order chi connectivity index (χ1) is 15.3. The van der Waals surface area contributed by atoms with Crippen molar-refractivity contribution in [2.45, 2.75) is 13.1 Å². The topological polar surface area (TPSA) is 166 Å². The molecule has 0 saturated heterocycles.